The highest BCUT2D eigenvalue weighted by Crippen LogP contribution is 2.61. The number of nitriles is 1. The van der Waals surface area contributed by atoms with Crippen molar-refractivity contribution in [3.63, 3.8) is 0 Å². The van der Waals surface area contributed by atoms with E-state index in [-0.39, 0.29) is 16.6 Å². The lowest BCUT2D eigenvalue weighted by Crippen LogP contribution is -2.49. The number of amides is 2. The predicted molar refractivity (Wildman–Crippen MR) is 88.9 cm³/mol. The summed E-state index contributed by atoms with van der Waals surface area (Å²) in [5, 5.41) is 19.7. The molecule has 1 N–H and O–H groups in total. The SMILES string of the molecule is Cc1c(C#N)ccc(N2C(=O)[C@@H]3[C@H](C2=O)C2(C)C[C@H](O)C3(C)O2)c1Cl. The Balaban J connectivity index is 1.84. The molecule has 3 saturated heterocycles. The number of carbonyl (C=O) groups is 2. The van der Waals surface area contributed by atoms with Crippen LogP contribution in [0.4, 0.5) is 5.69 Å². The van der Waals surface area contributed by atoms with Crippen LogP contribution in [0.25, 0.3) is 0 Å². The number of aliphatic hydroxyl groups is 1. The van der Waals surface area contributed by atoms with Crippen molar-refractivity contribution in [2.24, 2.45) is 11.8 Å². The topological polar surface area (TPSA) is 90.6 Å². The molecule has 1 aromatic rings. The van der Waals surface area contributed by atoms with Crippen LogP contribution in [0.1, 0.15) is 31.4 Å². The van der Waals surface area contributed by atoms with Gasteiger partial charge in [-0.15, -0.1) is 0 Å². The van der Waals surface area contributed by atoms with Gasteiger partial charge in [-0.05, 0) is 38.5 Å². The molecule has 6 nitrogen and oxygen atoms in total. The smallest absolute Gasteiger partial charge is 0.240 e. The van der Waals surface area contributed by atoms with Crippen LogP contribution in [0.15, 0.2) is 12.1 Å². The molecule has 3 fully saturated rings. The molecule has 3 aliphatic rings. The number of hydrogen-bond donors (Lipinski definition) is 1. The standard InChI is InChI=1S/C18H17ClN2O4/c1-8-9(7-20)4-5-10(14(8)19)21-15(23)12-13(16(21)24)18(3)11(22)6-17(12,2)25-18/h4-5,11-13,22H,6H2,1-3H3/t11-,12+,13-,17?,18?/m0/s1. The summed E-state index contributed by atoms with van der Waals surface area (Å²) in [6.45, 7) is 5.13. The van der Waals surface area contributed by atoms with E-state index in [2.05, 4.69) is 0 Å². The Morgan fingerprint density at radius 1 is 1.32 bits per heavy atom. The molecule has 3 heterocycles. The Kier molecular flexibility index (Phi) is 3.19. The number of benzene rings is 1. The minimum atomic E-state index is -1.07. The monoisotopic (exact) mass is 360 g/mol. The first kappa shape index (κ1) is 16.5. The second-order valence-corrected chi connectivity index (χ2v) is 7.85. The van der Waals surface area contributed by atoms with Crippen LogP contribution in [-0.4, -0.2) is 34.2 Å². The van der Waals surface area contributed by atoms with Crippen LogP contribution in [0.3, 0.4) is 0 Å². The number of rotatable bonds is 1. The molecule has 130 valence electrons. The first-order chi connectivity index (χ1) is 11.7. The van der Waals surface area contributed by atoms with E-state index in [1.807, 2.05) is 6.07 Å². The summed E-state index contributed by atoms with van der Waals surface area (Å²) < 4.78 is 5.95. The second kappa shape index (κ2) is 4.82. The van der Waals surface area contributed by atoms with Crippen molar-refractivity contribution in [2.45, 2.75) is 44.5 Å². The van der Waals surface area contributed by atoms with Crippen molar-refractivity contribution < 1.29 is 19.4 Å². The van der Waals surface area contributed by atoms with Gasteiger partial charge in [-0.2, -0.15) is 5.26 Å². The van der Waals surface area contributed by atoms with Gasteiger partial charge in [0.1, 0.15) is 5.60 Å². The van der Waals surface area contributed by atoms with Gasteiger partial charge in [0, 0.05) is 6.42 Å². The van der Waals surface area contributed by atoms with Crippen LogP contribution >= 0.6 is 11.6 Å². The maximum absolute atomic E-state index is 13.1. The first-order valence-corrected chi connectivity index (χ1v) is 8.49. The van der Waals surface area contributed by atoms with E-state index in [4.69, 9.17) is 21.6 Å². The summed E-state index contributed by atoms with van der Waals surface area (Å²) in [5.74, 6) is -2.15. The minimum Gasteiger partial charge on any atom is -0.390 e. The van der Waals surface area contributed by atoms with Crippen LogP contribution in [-0.2, 0) is 14.3 Å². The van der Waals surface area contributed by atoms with Gasteiger partial charge in [0.05, 0.1) is 45.9 Å². The molecule has 0 aliphatic carbocycles. The van der Waals surface area contributed by atoms with Crippen molar-refractivity contribution in [1.82, 2.24) is 0 Å². The Morgan fingerprint density at radius 2 is 1.96 bits per heavy atom. The van der Waals surface area contributed by atoms with Gasteiger partial charge in [-0.1, -0.05) is 11.6 Å². The first-order valence-electron chi connectivity index (χ1n) is 8.11. The van der Waals surface area contributed by atoms with Crippen molar-refractivity contribution in [1.29, 1.82) is 5.26 Å². The zero-order valence-corrected chi connectivity index (χ0v) is 14.8. The van der Waals surface area contributed by atoms with Crippen LogP contribution in [0, 0.1) is 30.1 Å². The van der Waals surface area contributed by atoms with E-state index in [0.29, 0.717) is 17.5 Å². The van der Waals surface area contributed by atoms with Gasteiger partial charge in [0.15, 0.2) is 0 Å². The molecule has 25 heavy (non-hydrogen) atoms. The molecule has 0 aromatic heterocycles. The van der Waals surface area contributed by atoms with E-state index in [1.165, 1.54) is 6.07 Å². The average molecular weight is 361 g/mol. The molecule has 5 atom stereocenters. The molecule has 4 rings (SSSR count). The molecule has 0 radical (unpaired) electrons. The van der Waals surface area contributed by atoms with Crippen molar-refractivity contribution in [3.05, 3.63) is 28.3 Å². The fraction of sp³-hybridized carbons (Fsp3) is 0.500. The number of halogens is 1. The van der Waals surface area contributed by atoms with E-state index in [0.717, 1.165) is 4.90 Å². The van der Waals surface area contributed by atoms with Crippen LogP contribution in [0.2, 0.25) is 5.02 Å². The number of ether oxygens (including phenoxy) is 1. The van der Waals surface area contributed by atoms with E-state index >= 15 is 0 Å². The number of nitrogens with zero attached hydrogens (tertiary/aromatic N) is 2. The highest BCUT2D eigenvalue weighted by Gasteiger charge is 2.75. The highest BCUT2D eigenvalue weighted by molar-refractivity contribution is 6.37. The van der Waals surface area contributed by atoms with Gasteiger partial charge in [0.2, 0.25) is 11.8 Å². The van der Waals surface area contributed by atoms with E-state index in [9.17, 15) is 14.7 Å². The Labute approximate surface area is 149 Å². The van der Waals surface area contributed by atoms with Crippen molar-refractivity contribution in [2.75, 3.05) is 4.90 Å². The van der Waals surface area contributed by atoms with E-state index < -0.39 is 35.0 Å². The Morgan fingerprint density at radius 3 is 2.60 bits per heavy atom. The van der Waals surface area contributed by atoms with Crippen LogP contribution < -0.4 is 4.90 Å². The lowest BCUT2D eigenvalue weighted by atomic mass is 9.67. The van der Waals surface area contributed by atoms with Gasteiger partial charge in [-0.25, -0.2) is 4.90 Å². The van der Waals surface area contributed by atoms with Crippen LogP contribution in [0.5, 0.6) is 0 Å². The third-order valence-corrected chi connectivity index (χ3v) is 6.50. The number of aliphatic hydroxyl groups excluding tert-OH is 1. The summed E-state index contributed by atoms with van der Waals surface area (Å²) in [5.41, 5.74) is -0.742. The third-order valence-electron chi connectivity index (χ3n) is 6.02. The summed E-state index contributed by atoms with van der Waals surface area (Å²) in [4.78, 5) is 27.3. The average Bonchev–Trinajstić information content (AvgIpc) is 3.05. The van der Waals surface area contributed by atoms with Gasteiger partial charge >= 0.3 is 0 Å². The maximum atomic E-state index is 13.1. The molecule has 1 aromatic carbocycles. The number of fused-ring (bicyclic) bond motifs is 5. The number of imide groups is 1. The van der Waals surface area contributed by atoms with Gasteiger partial charge < -0.3 is 9.84 Å². The molecule has 0 saturated carbocycles. The summed E-state index contributed by atoms with van der Waals surface area (Å²) in [6, 6.07) is 5.10. The third kappa shape index (κ3) is 1.81. The molecular formula is C18H17ClN2O4. The number of carbonyl (C=O) groups excluding carboxylic acids is 2. The largest absolute Gasteiger partial charge is 0.390 e. The number of hydrogen-bond acceptors (Lipinski definition) is 5. The maximum Gasteiger partial charge on any atom is 0.240 e. The summed E-state index contributed by atoms with van der Waals surface area (Å²) >= 11 is 6.35. The zero-order chi connectivity index (χ0) is 18.3. The molecule has 2 amide bonds. The lowest BCUT2D eigenvalue weighted by Gasteiger charge is -2.31. The highest BCUT2D eigenvalue weighted by atomic mass is 35.5. The molecular weight excluding hydrogens is 344 g/mol. The fourth-order valence-corrected chi connectivity index (χ4v) is 4.97. The molecule has 2 bridgehead atoms. The molecule has 3 aliphatic heterocycles. The van der Waals surface area contributed by atoms with Crippen molar-refractivity contribution in [3.8, 4) is 6.07 Å². The van der Waals surface area contributed by atoms with Gasteiger partial charge in [0.25, 0.3) is 0 Å². The molecule has 2 unspecified atom stereocenters. The normalized spacial score (nSPS) is 39.0. The minimum absolute atomic E-state index is 0.213. The van der Waals surface area contributed by atoms with Gasteiger partial charge in [-0.3, -0.25) is 9.59 Å². The Bertz CT molecular complexity index is 879. The van der Waals surface area contributed by atoms with Crippen molar-refractivity contribution >= 4 is 29.1 Å². The lowest BCUT2D eigenvalue weighted by molar-refractivity contribution is -0.132. The molecule has 0 spiro atoms. The quantitative estimate of drug-likeness (QED) is 0.773. The Hall–Kier alpha value is -1.94. The number of anilines is 1. The second-order valence-electron chi connectivity index (χ2n) is 7.47. The zero-order valence-electron chi connectivity index (χ0n) is 14.0. The predicted octanol–water partition coefficient (Wildman–Crippen LogP) is 1.94. The summed E-state index contributed by atoms with van der Waals surface area (Å²) in [6.07, 6.45) is -0.480. The fourth-order valence-electron chi connectivity index (χ4n) is 4.72. The summed E-state index contributed by atoms with van der Waals surface area (Å²) in [7, 11) is 0. The molecule has 7 heteroatoms. The van der Waals surface area contributed by atoms with E-state index in [1.54, 1.807) is 26.8 Å².